The van der Waals surface area contributed by atoms with Gasteiger partial charge in [-0.15, -0.1) is 0 Å². The molecule has 198 valence electrons. The standard InChI is InChI=1S/C31H33NO6/c1-5-36-25-11-7-9-22(17-25)28-27(29(33)21-13-15-24(16-14-21)38-19-20(3)4)30(34)31(35)32(28)23-10-8-12-26(18-23)37-6-2/h7-18,20,28,33H,5-6,19H2,1-4H3/b29-27+. The Hall–Kier alpha value is -4.26. The monoisotopic (exact) mass is 515 g/mol. The molecule has 1 aliphatic rings. The maximum Gasteiger partial charge on any atom is 0.300 e. The van der Waals surface area contributed by atoms with Crippen LogP contribution in [0, 0.1) is 5.92 Å². The lowest BCUT2D eigenvalue weighted by molar-refractivity contribution is -0.132. The fraction of sp³-hybridized carbons (Fsp3) is 0.290. The van der Waals surface area contributed by atoms with Crippen molar-refractivity contribution in [3.05, 3.63) is 89.5 Å². The van der Waals surface area contributed by atoms with Crippen molar-refractivity contribution in [3.63, 3.8) is 0 Å². The lowest BCUT2D eigenvalue weighted by atomic mass is 9.95. The van der Waals surface area contributed by atoms with E-state index >= 15 is 0 Å². The lowest BCUT2D eigenvalue weighted by Gasteiger charge is -2.26. The summed E-state index contributed by atoms with van der Waals surface area (Å²) in [5, 5.41) is 11.4. The van der Waals surface area contributed by atoms with E-state index in [0.29, 0.717) is 59.8 Å². The number of ether oxygens (including phenoxy) is 3. The van der Waals surface area contributed by atoms with E-state index in [4.69, 9.17) is 14.2 Å². The molecule has 7 heteroatoms. The normalized spacial score (nSPS) is 16.7. The second-order valence-corrected chi connectivity index (χ2v) is 9.33. The van der Waals surface area contributed by atoms with E-state index < -0.39 is 17.7 Å². The fourth-order valence-electron chi connectivity index (χ4n) is 4.37. The van der Waals surface area contributed by atoms with Gasteiger partial charge in [-0.1, -0.05) is 32.0 Å². The molecule has 0 spiro atoms. The third kappa shape index (κ3) is 5.67. The zero-order chi connectivity index (χ0) is 27.2. The number of rotatable bonds is 10. The Morgan fingerprint density at radius 3 is 2.11 bits per heavy atom. The molecule has 1 heterocycles. The Morgan fingerprint density at radius 2 is 1.47 bits per heavy atom. The number of aliphatic hydroxyl groups is 1. The van der Waals surface area contributed by atoms with Crippen molar-refractivity contribution in [1.82, 2.24) is 0 Å². The Morgan fingerprint density at radius 1 is 0.842 bits per heavy atom. The number of carbonyl (C=O) groups is 2. The molecule has 3 aromatic carbocycles. The number of amides is 1. The first kappa shape index (κ1) is 26.8. The SMILES string of the molecule is CCOc1cccc(C2/C(=C(\O)c3ccc(OCC(C)C)cc3)C(=O)C(=O)N2c2cccc(OCC)c2)c1. The smallest absolute Gasteiger partial charge is 0.300 e. The minimum atomic E-state index is -0.871. The molecular weight excluding hydrogens is 482 g/mol. The van der Waals surface area contributed by atoms with Crippen LogP contribution in [0.15, 0.2) is 78.4 Å². The van der Waals surface area contributed by atoms with E-state index in [0.717, 1.165) is 0 Å². The summed E-state index contributed by atoms with van der Waals surface area (Å²) < 4.78 is 17.1. The van der Waals surface area contributed by atoms with Crippen molar-refractivity contribution in [3.8, 4) is 17.2 Å². The van der Waals surface area contributed by atoms with E-state index in [2.05, 4.69) is 13.8 Å². The van der Waals surface area contributed by atoms with Crippen molar-refractivity contribution in [1.29, 1.82) is 0 Å². The molecule has 0 saturated carbocycles. The van der Waals surface area contributed by atoms with Crippen molar-refractivity contribution >= 4 is 23.1 Å². The number of hydrogen-bond donors (Lipinski definition) is 1. The second-order valence-electron chi connectivity index (χ2n) is 9.33. The predicted octanol–water partition coefficient (Wildman–Crippen LogP) is 6.15. The van der Waals surface area contributed by atoms with Crippen LogP contribution >= 0.6 is 0 Å². The van der Waals surface area contributed by atoms with Gasteiger partial charge in [-0.2, -0.15) is 0 Å². The average molecular weight is 516 g/mol. The number of anilines is 1. The topological polar surface area (TPSA) is 85.3 Å². The van der Waals surface area contributed by atoms with Crippen LogP contribution in [0.2, 0.25) is 0 Å². The second kappa shape index (κ2) is 11.9. The number of benzene rings is 3. The summed E-state index contributed by atoms with van der Waals surface area (Å²) in [7, 11) is 0. The van der Waals surface area contributed by atoms with Gasteiger partial charge in [-0.3, -0.25) is 14.5 Å². The van der Waals surface area contributed by atoms with Gasteiger partial charge in [0.2, 0.25) is 0 Å². The summed E-state index contributed by atoms with van der Waals surface area (Å²) in [4.78, 5) is 28.3. The fourth-order valence-corrected chi connectivity index (χ4v) is 4.37. The van der Waals surface area contributed by atoms with Gasteiger partial charge in [0.05, 0.1) is 31.4 Å². The predicted molar refractivity (Wildman–Crippen MR) is 147 cm³/mol. The van der Waals surface area contributed by atoms with Crippen molar-refractivity contribution in [2.24, 2.45) is 5.92 Å². The molecule has 4 rings (SSSR count). The van der Waals surface area contributed by atoms with Crippen LogP contribution in [0.1, 0.15) is 44.9 Å². The van der Waals surface area contributed by atoms with Gasteiger partial charge in [-0.05, 0) is 73.9 Å². The Kier molecular flexibility index (Phi) is 8.36. The molecule has 1 saturated heterocycles. The molecule has 0 aromatic heterocycles. The van der Waals surface area contributed by atoms with Gasteiger partial charge >= 0.3 is 0 Å². The number of aliphatic hydroxyl groups excluding tert-OH is 1. The molecule has 1 unspecified atom stereocenters. The van der Waals surface area contributed by atoms with Gasteiger partial charge in [0, 0.05) is 17.3 Å². The molecule has 3 aromatic rings. The Bertz CT molecular complexity index is 1330. The summed E-state index contributed by atoms with van der Waals surface area (Å²) in [6.45, 7) is 9.36. The first-order valence-corrected chi connectivity index (χ1v) is 12.8. The van der Waals surface area contributed by atoms with Crippen LogP contribution in [0.25, 0.3) is 5.76 Å². The summed E-state index contributed by atoms with van der Waals surface area (Å²) in [5.41, 5.74) is 1.53. The molecular formula is C31H33NO6. The number of Topliss-reactive ketones (excluding diaryl/α,β-unsaturated/α-hetero) is 1. The minimum Gasteiger partial charge on any atom is -0.507 e. The largest absolute Gasteiger partial charge is 0.507 e. The quantitative estimate of drug-likeness (QED) is 0.198. The van der Waals surface area contributed by atoms with Gasteiger partial charge in [0.15, 0.2) is 0 Å². The first-order chi connectivity index (χ1) is 18.3. The first-order valence-electron chi connectivity index (χ1n) is 12.8. The third-order valence-electron chi connectivity index (χ3n) is 6.05. The van der Waals surface area contributed by atoms with E-state index in [-0.39, 0.29) is 11.3 Å². The molecule has 1 aliphatic heterocycles. The highest BCUT2D eigenvalue weighted by molar-refractivity contribution is 6.51. The molecule has 0 radical (unpaired) electrons. The van der Waals surface area contributed by atoms with E-state index in [1.807, 2.05) is 26.0 Å². The summed E-state index contributed by atoms with van der Waals surface area (Å²) in [5.74, 6) is 0.447. The van der Waals surface area contributed by atoms with Gasteiger partial charge in [0.1, 0.15) is 23.0 Å². The molecule has 1 fully saturated rings. The maximum atomic E-state index is 13.5. The van der Waals surface area contributed by atoms with Crippen LogP contribution < -0.4 is 19.1 Å². The van der Waals surface area contributed by atoms with Crippen LogP contribution in [0.4, 0.5) is 5.69 Å². The van der Waals surface area contributed by atoms with Gasteiger partial charge in [-0.25, -0.2) is 0 Å². The third-order valence-corrected chi connectivity index (χ3v) is 6.05. The molecule has 1 amide bonds. The zero-order valence-electron chi connectivity index (χ0n) is 22.1. The Balaban J connectivity index is 1.83. The van der Waals surface area contributed by atoms with Crippen LogP contribution in [0.5, 0.6) is 17.2 Å². The lowest BCUT2D eigenvalue weighted by Crippen LogP contribution is -2.29. The number of ketones is 1. The molecule has 0 bridgehead atoms. The van der Waals surface area contributed by atoms with Gasteiger partial charge in [0.25, 0.3) is 11.7 Å². The van der Waals surface area contributed by atoms with Crippen LogP contribution in [-0.4, -0.2) is 36.6 Å². The molecule has 38 heavy (non-hydrogen) atoms. The van der Waals surface area contributed by atoms with E-state index in [1.54, 1.807) is 60.7 Å². The van der Waals surface area contributed by atoms with Gasteiger partial charge < -0.3 is 19.3 Å². The van der Waals surface area contributed by atoms with E-state index in [1.165, 1.54) is 4.90 Å². The molecule has 7 nitrogen and oxygen atoms in total. The highest BCUT2D eigenvalue weighted by Gasteiger charge is 2.47. The number of hydrogen-bond acceptors (Lipinski definition) is 6. The summed E-state index contributed by atoms with van der Waals surface area (Å²) in [6.07, 6.45) is 0. The maximum absolute atomic E-state index is 13.5. The molecule has 0 aliphatic carbocycles. The van der Waals surface area contributed by atoms with Crippen molar-refractivity contribution < 1.29 is 28.9 Å². The molecule has 1 atom stereocenters. The minimum absolute atomic E-state index is 0.00121. The van der Waals surface area contributed by atoms with Crippen molar-refractivity contribution in [2.45, 2.75) is 33.7 Å². The summed E-state index contributed by atoms with van der Waals surface area (Å²) in [6, 6.07) is 20.2. The number of nitrogens with zero attached hydrogens (tertiary/aromatic N) is 1. The van der Waals surface area contributed by atoms with Crippen LogP contribution in [0.3, 0.4) is 0 Å². The van der Waals surface area contributed by atoms with Crippen molar-refractivity contribution in [2.75, 3.05) is 24.7 Å². The van der Waals surface area contributed by atoms with Crippen LogP contribution in [-0.2, 0) is 9.59 Å². The average Bonchev–Trinajstić information content (AvgIpc) is 3.18. The highest BCUT2D eigenvalue weighted by atomic mass is 16.5. The molecule has 1 N–H and O–H groups in total. The number of carbonyl (C=O) groups excluding carboxylic acids is 2. The Labute approximate surface area is 223 Å². The summed E-state index contributed by atoms with van der Waals surface area (Å²) >= 11 is 0. The van der Waals surface area contributed by atoms with E-state index in [9.17, 15) is 14.7 Å². The highest BCUT2D eigenvalue weighted by Crippen LogP contribution is 2.43. The zero-order valence-corrected chi connectivity index (χ0v) is 22.1.